The van der Waals surface area contributed by atoms with Crippen LogP contribution in [0.1, 0.15) is 33.3 Å². The third kappa shape index (κ3) is 8.24. The second-order valence-electron chi connectivity index (χ2n) is 8.96. The summed E-state index contributed by atoms with van der Waals surface area (Å²) in [6.07, 6.45) is 8.04. The van der Waals surface area contributed by atoms with Crippen molar-refractivity contribution in [3.8, 4) is 0 Å². The molecule has 4 N–H and O–H groups in total. The number of nitrogens with one attached hydrogen (secondary N) is 2. The van der Waals surface area contributed by atoms with Gasteiger partial charge in [0.25, 0.3) is 20.2 Å². The highest BCUT2D eigenvalue weighted by atomic mass is 32.2. The summed E-state index contributed by atoms with van der Waals surface area (Å²) in [7, 11) is -9.02. The van der Waals surface area contributed by atoms with Crippen LogP contribution < -0.4 is 10.6 Å². The van der Waals surface area contributed by atoms with Crippen LogP contribution in [-0.4, -0.2) is 31.7 Å². The van der Waals surface area contributed by atoms with Crippen molar-refractivity contribution in [3.05, 3.63) is 107 Å². The highest BCUT2D eigenvalue weighted by Gasteiger charge is 2.22. The van der Waals surface area contributed by atoms with E-state index < -0.39 is 20.2 Å². The largest absolute Gasteiger partial charge is 0.355 e. The zero-order valence-electron chi connectivity index (χ0n) is 21.9. The molecule has 0 spiro atoms. The second-order valence-corrected chi connectivity index (χ2v) is 11.7. The number of rotatable bonds is 9. The molecule has 0 aromatic heterocycles. The van der Waals surface area contributed by atoms with E-state index in [2.05, 4.69) is 15.6 Å². The van der Waals surface area contributed by atoms with Crippen LogP contribution >= 0.6 is 0 Å². The minimum Gasteiger partial charge on any atom is -0.355 e. The predicted octanol–water partition coefficient (Wildman–Crippen LogP) is 7.37. The summed E-state index contributed by atoms with van der Waals surface area (Å²) in [6, 6.07) is 18.7. The Morgan fingerprint density at radius 2 is 1.39 bits per heavy atom. The van der Waals surface area contributed by atoms with E-state index in [-0.39, 0.29) is 28.6 Å². The third-order valence-electron chi connectivity index (χ3n) is 6.01. The molecule has 216 valence electrons. The van der Waals surface area contributed by atoms with Gasteiger partial charge in [0.1, 0.15) is 9.80 Å². The number of aryl methyl sites for hydroxylation is 1. The minimum atomic E-state index is -4.53. The molecular formula is C30H33N3O6S2. The molecule has 9 nitrogen and oxygen atoms in total. The van der Waals surface area contributed by atoms with E-state index >= 15 is 0 Å². The molecule has 4 rings (SSSR count). The average molecular weight is 596 g/mol. The maximum absolute atomic E-state index is 12.1. The zero-order chi connectivity index (χ0) is 28.9. The van der Waals surface area contributed by atoms with Crippen molar-refractivity contribution in [1.29, 1.82) is 0 Å². The molecule has 0 fully saturated rings. The molecule has 11 heteroatoms. The lowest BCUT2D eigenvalue weighted by molar-refractivity contribution is 0.483. The molecular weight excluding hydrogens is 562 g/mol. The first kappa shape index (κ1) is 31.5. The molecule has 0 aliphatic heterocycles. The number of nitrogens with zero attached hydrogens (tertiary/aromatic N) is 1. The van der Waals surface area contributed by atoms with E-state index in [9.17, 15) is 25.9 Å². The van der Waals surface area contributed by atoms with Gasteiger partial charge >= 0.3 is 0 Å². The van der Waals surface area contributed by atoms with E-state index in [4.69, 9.17) is 0 Å². The van der Waals surface area contributed by atoms with Crippen LogP contribution in [0.25, 0.3) is 0 Å². The van der Waals surface area contributed by atoms with Gasteiger partial charge in [-0.2, -0.15) is 16.8 Å². The summed E-state index contributed by atoms with van der Waals surface area (Å²) in [5.41, 5.74) is 4.26. The van der Waals surface area contributed by atoms with Gasteiger partial charge in [-0.3, -0.25) is 9.11 Å². The molecule has 3 aromatic rings. The molecule has 0 radical (unpaired) electrons. The Bertz CT molecular complexity index is 1740. The Morgan fingerprint density at radius 1 is 0.780 bits per heavy atom. The van der Waals surface area contributed by atoms with Gasteiger partial charge in [0, 0.05) is 17.1 Å². The van der Waals surface area contributed by atoms with E-state index in [1.807, 2.05) is 44.2 Å². The smallest absolute Gasteiger partial charge is 0.296 e. The van der Waals surface area contributed by atoms with E-state index in [0.717, 1.165) is 12.0 Å². The van der Waals surface area contributed by atoms with Crippen LogP contribution in [0, 0.1) is 0 Å². The summed E-state index contributed by atoms with van der Waals surface area (Å²) >= 11 is 0. The number of allylic oxidation sites excluding steroid dienone is 6. The fourth-order valence-electron chi connectivity index (χ4n) is 4.01. The summed E-state index contributed by atoms with van der Waals surface area (Å²) in [5, 5.41) is 6.12. The van der Waals surface area contributed by atoms with Crippen molar-refractivity contribution in [3.63, 3.8) is 0 Å². The minimum absolute atomic E-state index is 0. The first-order valence-corrected chi connectivity index (χ1v) is 15.4. The number of benzene rings is 3. The SMILES string of the molecule is C.CC/C=C1/C=CC(=Nc2ccc(Nc3ccc(Nc4ccc(CC)cc4)c(S(=O)(=O)O)c3)cc2)C(S(=O)(=O)O)=C1. The topological polar surface area (TPSA) is 145 Å². The summed E-state index contributed by atoms with van der Waals surface area (Å²) in [6.45, 7) is 3.96. The Labute approximate surface area is 241 Å². The van der Waals surface area contributed by atoms with Crippen molar-refractivity contribution in [2.24, 2.45) is 4.99 Å². The van der Waals surface area contributed by atoms with E-state index in [1.165, 1.54) is 18.2 Å². The van der Waals surface area contributed by atoms with Crippen LogP contribution in [0.5, 0.6) is 0 Å². The number of hydrogen-bond acceptors (Lipinski definition) is 7. The molecule has 3 aromatic carbocycles. The molecule has 0 unspecified atom stereocenters. The zero-order valence-corrected chi connectivity index (χ0v) is 23.5. The van der Waals surface area contributed by atoms with Crippen LogP contribution in [0.2, 0.25) is 0 Å². The van der Waals surface area contributed by atoms with E-state index in [0.29, 0.717) is 34.7 Å². The Morgan fingerprint density at radius 3 is 1.98 bits per heavy atom. The first-order chi connectivity index (χ1) is 19.0. The third-order valence-corrected chi connectivity index (χ3v) is 7.78. The quantitative estimate of drug-likeness (QED) is 0.188. The predicted molar refractivity (Wildman–Crippen MR) is 166 cm³/mol. The molecule has 0 bridgehead atoms. The van der Waals surface area contributed by atoms with Crippen molar-refractivity contribution in [1.82, 2.24) is 0 Å². The standard InChI is InChI=1S/C29H29N3O6S2.CH4/c1-3-5-21-8-16-26(28(18-21)39(33,34)35)32-24-13-11-22(12-14-24)30-25-15-17-27(29(19-25)40(36,37)38)31-23-9-6-20(4-2)7-10-23;/h5-19,30-31H,3-4H2,1-2H3,(H,33,34,35)(H,36,37,38);1H4/b21-5-,32-26?;. The van der Waals surface area contributed by atoms with Crippen LogP contribution in [0.3, 0.4) is 0 Å². The Hall–Kier alpha value is -4.03. The van der Waals surface area contributed by atoms with Gasteiger partial charge in [-0.15, -0.1) is 0 Å². The lowest BCUT2D eigenvalue weighted by atomic mass is 10.1. The van der Waals surface area contributed by atoms with Crippen molar-refractivity contribution in [2.75, 3.05) is 10.6 Å². The van der Waals surface area contributed by atoms with Gasteiger partial charge in [0.15, 0.2) is 0 Å². The molecule has 0 heterocycles. The lowest BCUT2D eigenvalue weighted by Gasteiger charge is -2.14. The molecule has 41 heavy (non-hydrogen) atoms. The molecule has 0 saturated heterocycles. The Kier molecular flexibility index (Phi) is 10.1. The highest BCUT2D eigenvalue weighted by Crippen LogP contribution is 2.30. The fraction of sp³-hybridized carbons (Fsp3) is 0.167. The summed E-state index contributed by atoms with van der Waals surface area (Å²) < 4.78 is 67.6. The number of anilines is 4. The van der Waals surface area contributed by atoms with Gasteiger partial charge in [0.05, 0.1) is 17.1 Å². The van der Waals surface area contributed by atoms with Gasteiger partial charge in [-0.25, -0.2) is 4.99 Å². The van der Waals surface area contributed by atoms with Crippen molar-refractivity contribution in [2.45, 2.75) is 39.0 Å². The maximum Gasteiger partial charge on any atom is 0.296 e. The van der Waals surface area contributed by atoms with Crippen LogP contribution in [-0.2, 0) is 26.7 Å². The lowest BCUT2D eigenvalue weighted by Crippen LogP contribution is -2.13. The van der Waals surface area contributed by atoms with Gasteiger partial charge < -0.3 is 10.6 Å². The van der Waals surface area contributed by atoms with Crippen molar-refractivity contribution >= 4 is 54.4 Å². The van der Waals surface area contributed by atoms with Crippen LogP contribution in [0.15, 0.2) is 111 Å². The number of aliphatic imine (C=N–C) groups is 1. The summed E-state index contributed by atoms with van der Waals surface area (Å²) in [5.74, 6) is 0. The monoisotopic (exact) mass is 595 g/mol. The number of hydrogen-bond donors (Lipinski definition) is 4. The fourth-order valence-corrected chi connectivity index (χ4v) is 5.35. The molecule has 0 amide bonds. The maximum atomic E-state index is 12.1. The normalized spacial score (nSPS) is 15.4. The molecule has 1 aliphatic carbocycles. The molecule has 1 aliphatic rings. The van der Waals surface area contributed by atoms with Gasteiger partial charge in [-0.05, 0) is 90.7 Å². The molecule has 0 atom stereocenters. The van der Waals surface area contributed by atoms with Gasteiger partial charge in [-0.1, -0.05) is 45.6 Å². The molecule has 0 saturated carbocycles. The van der Waals surface area contributed by atoms with Gasteiger partial charge in [0.2, 0.25) is 0 Å². The Balaban J connectivity index is 0.00000462. The highest BCUT2D eigenvalue weighted by molar-refractivity contribution is 7.91. The van der Waals surface area contributed by atoms with Crippen LogP contribution in [0.4, 0.5) is 28.4 Å². The summed E-state index contributed by atoms with van der Waals surface area (Å²) in [4.78, 5) is 3.79. The van der Waals surface area contributed by atoms with Crippen molar-refractivity contribution < 1.29 is 25.9 Å². The van der Waals surface area contributed by atoms with E-state index in [1.54, 1.807) is 42.5 Å². The second kappa shape index (κ2) is 13.1. The first-order valence-electron chi connectivity index (χ1n) is 12.5. The average Bonchev–Trinajstić information content (AvgIpc) is 2.91.